The number of amides is 1. The Morgan fingerprint density at radius 2 is 1.84 bits per heavy atom. The van der Waals surface area contributed by atoms with Gasteiger partial charge < -0.3 is 10.6 Å². The summed E-state index contributed by atoms with van der Waals surface area (Å²) >= 11 is 11.8. The van der Waals surface area contributed by atoms with Gasteiger partial charge in [-0.25, -0.2) is 14.4 Å². The van der Waals surface area contributed by atoms with Gasteiger partial charge in [0.05, 0.1) is 15.7 Å². The molecule has 3 aromatic rings. The highest BCUT2D eigenvalue weighted by molar-refractivity contribution is 6.42. The van der Waals surface area contributed by atoms with Crippen molar-refractivity contribution in [1.29, 1.82) is 0 Å². The summed E-state index contributed by atoms with van der Waals surface area (Å²) < 4.78 is 13.6. The van der Waals surface area contributed by atoms with Crippen LogP contribution in [-0.2, 0) is 0 Å². The summed E-state index contributed by atoms with van der Waals surface area (Å²) in [7, 11) is 0. The zero-order valence-electron chi connectivity index (χ0n) is 12.6. The maximum atomic E-state index is 13.6. The molecule has 0 radical (unpaired) electrons. The number of hydrogen-bond donors (Lipinski definition) is 2. The smallest absolute Gasteiger partial charge is 0.274 e. The van der Waals surface area contributed by atoms with Crippen molar-refractivity contribution in [2.24, 2.45) is 0 Å². The van der Waals surface area contributed by atoms with Gasteiger partial charge in [-0.05, 0) is 36.4 Å². The van der Waals surface area contributed by atoms with E-state index < -0.39 is 11.7 Å². The van der Waals surface area contributed by atoms with Crippen molar-refractivity contribution in [3.63, 3.8) is 0 Å². The third-order valence-electron chi connectivity index (χ3n) is 3.19. The van der Waals surface area contributed by atoms with Crippen LogP contribution in [0, 0.1) is 5.82 Å². The number of anilines is 3. The number of rotatable bonds is 4. The minimum Gasteiger partial charge on any atom is -0.324 e. The minimum absolute atomic E-state index is 0.0742. The third kappa shape index (κ3) is 4.23. The molecule has 2 aromatic carbocycles. The highest BCUT2D eigenvalue weighted by Crippen LogP contribution is 2.26. The van der Waals surface area contributed by atoms with Crippen LogP contribution in [0.4, 0.5) is 21.7 Å². The molecule has 1 heterocycles. The lowest BCUT2D eigenvalue weighted by Crippen LogP contribution is -2.15. The molecule has 0 aliphatic rings. The van der Waals surface area contributed by atoms with Gasteiger partial charge in [0.1, 0.15) is 11.5 Å². The van der Waals surface area contributed by atoms with Crippen molar-refractivity contribution >= 4 is 46.4 Å². The second kappa shape index (κ2) is 7.46. The topological polar surface area (TPSA) is 66.9 Å². The molecule has 1 aromatic heterocycles. The molecule has 0 unspecified atom stereocenters. The first-order valence-corrected chi connectivity index (χ1v) is 7.89. The monoisotopic (exact) mass is 376 g/mol. The molecule has 2 N–H and O–H groups in total. The maximum Gasteiger partial charge on any atom is 0.274 e. The Kier molecular flexibility index (Phi) is 5.11. The average molecular weight is 377 g/mol. The van der Waals surface area contributed by atoms with Crippen LogP contribution >= 0.6 is 23.2 Å². The molecular formula is C17H11Cl2FN4O. The molecule has 3 rings (SSSR count). The maximum absolute atomic E-state index is 13.6. The summed E-state index contributed by atoms with van der Waals surface area (Å²) in [6.07, 6.45) is 1.42. The van der Waals surface area contributed by atoms with Crippen molar-refractivity contribution in [3.8, 4) is 0 Å². The van der Waals surface area contributed by atoms with E-state index in [-0.39, 0.29) is 17.3 Å². The summed E-state index contributed by atoms with van der Waals surface area (Å²) in [5.74, 6) is -0.886. The van der Waals surface area contributed by atoms with Crippen molar-refractivity contribution in [2.75, 3.05) is 10.6 Å². The first-order valence-electron chi connectivity index (χ1n) is 7.14. The van der Waals surface area contributed by atoms with Crippen LogP contribution in [0.25, 0.3) is 0 Å². The fraction of sp³-hybridized carbons (Fsp3) is 0. The predicted molar refractivity (Wildman–Crippen MR) is 96.1 cm³/mol. The van der Waals surface area contributed by atoms with E-state index in [4.69, 9.17) is 23.2 Å². The molecule has 0 aliphatic carbocycles. The summed E-state index contributed by atoms with van der Waals surface area (Å²) in [4.78, 5) is 20.4. The normalized spacial score (nSPS) is 10.4. The largest absolute Gasteiger partial charge is 0.324 e. The number of halogens is 3. The van der Waals surface area contributed by atoms with Gasteiger partial charge in [0.15, 0.2) is 0 Å². The van der Waals surface area contributed by atoms with E-state index in [2.05, 4.69) is 20.6 Å². The van der Waals surface area contributed by atoms with E-state index >= 15 is 0 Å². The van der Waals surface area contributed by atoms with E-state index in [1.165, 1.54) is 30.5 Å². The molecule has 25 heavy (non-hydrogen) atoms. The molecule has 0 aliphatic heterocycles. The van der Waals surface area contributed by atoms with E-state index in [0.29, 0.717) is 15.7 Å². The lowest BCUT2D eigenvalue weighted by Gasteiger charge is -2.08. The van der Waals surface area contributed by atoms with E-state index in [1.54, 1.807) is 24.3 Å². The predicted octanol–water partition coefficient (Wildman–Crippen LogP) is 4.92. The number of nitrogens with one attached hydrogen (secondary N) is 2. The summed E-state index contributed by atoms with van der Waals surface area (Å²) in [6.45, 7) is 0. The molecular weight excluding hydrogens is 366 g/mol. The number of para-hydroxylation sites is 1. The second-order valence-corrected chi connectivity index (χ2v) is 5.77. The van der Waals surface area contributed by atoms with Gasteiger partial charge in [-0.3, -0.25) is 4.79 Å². The quantitative estimate of drug-likeness (QED) is 0.678. The highest BCUT2D eigenvalue weighted by Gasteiger charge is 2.12. The van der Waals surface area contributed by atoms with Crippen LogP contribution in [0.5, 0.6) is 0 Å². The van der Waals surface area contributed by atoms with Crippen LogP contribution in [0.1, 0.15) is 10.5 Å². The van der Waals surface area contributed by atoms with Crippen LogP contribution < -0.4 is 10.6 Å². The molecule has 0 fully saturated rings. The van der Waals surface area contributed by atoms with Gasteiger partial charge >= 0.3 is 0 Å². The fourth-order valence-electron chi connectivity index (χ4n) is 2.00. The molecule has 1 amide bonds. The molecule has 0 spiro atoms. The van der Waals surface area contributed by atoms with Gasteiger partial charge in [0.2, 0.25) is 5.95 Å². The zero-order chi connectivity index (χ0) is 17.8. The van der Waals surface area contributed by atoms with Crippen LogP contribution in [0.3, 0.4) is 0 Å². The second-order valence-electron chi connectivity index (χ2n) is 4.95. The molecule has 0 atom stereocenters. The fourth-order valence-corrected chi connectivity index (χ4v) is 2.30. The Labute approximate surface area is 152 Å². The van der Waals surface area contributed by atoms with Crippen molar-refractivity contribution in [1.82, 2.24) is 9.97 Å². The van der Waals surface area contributed by atoms with Crippen LogP contribution in [0.15, 0.2) is 54.7 Å². The average Bonchev–Trinajstić information content (AvgIpc) is 2.60. The van der Waals surface area contributed by atoms with E-state index in [1.807, 2.05) is 0 Å². The SMILES string of the molecule is O=C(Nc1ccccc1F)c1ccnc(Nc2ccc(Cl)c(Cl)c2)n1. The number of carbonyl (C=O) groups is 1. The van der Waals surface area contributed by atoms with Gasteiger partial charge in [-0.1, -0.05) is 35.3 Å². The molecule has 5 nitrogen and oxygen atoms in total. The Morgan fingerprint density at radius 3 is 2.60 bits per heavy atom. The highest BCUT2D eigenvalue weighted by atomic mass is 35.5. The minimum atomic E-state index is -0.551. The molecule has 8 heteroatoms. The van der Waals surface area contributed by atoms with E-state index in [0.717, 1.165) is 0 Å². The number of benzene rings is 2. The summed E-state index contributed by atoms with van der Waals surface area (Å²) in [6, 6.07) is 12.2. The van der Waals surface area contributed by atoms with Crippen molar-refractivity contribution < 1.29 is 9.18 Å². The molecule has 0 bridgehead atoms. The van der Waals surface area contributed by atoms with Crippen molar-refractivity contribution in [3.05, 3.63) is 76.3 Å². The first-order chi connectivity index (χ1) is 12.0. The first kappa shape index (κ1) is 17.1. The Balaban J connectivity index is 1.77. The zero-order valence-corrected chi connectivity index (χ0v) is 14.1. The van der Waals surface area contributed by atoms with Crippen LogP contribution in [-0.4, -0.2) is 15.9 Å². The Hall–Kier alpha value is -2.70. The van der Waals surface area contributed by atoms with Crippen LogP contribution in [0.2, 0.25) is 10.0 Å². The van der Waals surface area contributed by atoms with Gasteiger partial charge in [0.25, 0.3) is 5.91 Å². The Bertz CT molecular complexity index is 936. The van der Waals surface area contributed by atoms with Crippen molar-refractivity contribution in [2.45, 2.75) is 0 Å². The molecule has 0 saturated carbocycles. The Morgan fingerprint density at radius 1 is 1.04 bits per heavy atom. The molecule has 126 valence electrons. The number of nitrogens with zero attached hydrogens (tertiary/aromatic N) is 2. The lowest BCUT2D eigenvalue weighted by atomic mass is 10.3. The third-order valence-corrected chi connectivity index (χ3v) is 3.93. The van der Waals surface area contributed by atoms with Gasteiger partial charge in [-0.2, -0.15) is 0 Å². The lowest BCUT2D eigenvalue weighted by molar-refractivity contribution is 0.102. The number of hydrogen-bond acceptors (Lipinski definition) is 4. The summed E-state index contributed by atoms with van der Waals surface area (Å²) in [5, 5.41) is 6.18. The van der Waals surface area contributed by atoms with Gasteiger partial charge in [-0.15, -0.1) is 0 Å². The molecule has 0 saturated heterocycles. The number of aromatic nitrogens is 2. The van der Waals surface area contributed by atoms with E-state index in [9.17, 15) is 9.18 Å². The summed E-state index contributed by atoms with van der Waals surface area (Å²) in [5.41, 5.74) is 0.770. The van der Waals surface area contributed by atoms with Gasteiger partial charge in [0, 0.05) is 11.9 Å². The number of carbonyl (C=O) groups excluding carboxylic acids is 1. The standard InChI is InChI=1S/C17H11Cl2FN4O/c18-11-6-5-10(9-12(11)19)22-17-21-8-7-15(24-17)16(25)23-14-4-2-1-3-13(14)20/h1-9H,(H,23,25)(H,21,22,24).